The van der Waals surface area contributed by atoms with E-state index in [4.69, 9.17) is 18.9 Å². The number of carbonyl (C=O) groups excluding carboxylic acids is 2. The van der Waals surface area contributed by atoms with Crippen molar-refractivity contribution < 1.29 is 28.5 Å². The van der Waals surface area contributed by atoms with E-state index in [1.54, 1.807) is 0 Å². The minimum Gasteiger partial charge on any atom is -0.452 e. The van der Waals surface area contributed by atoms with E-state index in [9.17, 15) is 9.59 Å². The van der Waals surface area contributed by atoms with E-state index in [-0.39, 0.29) is 13.2 Å². The molecule has 3 aromatic carbocycles. The van der Waals surface area contributed by atoms with Gasteiger partial charge < -0.3 is 18.9 Å². The number of carbonyl (C=O) groups is 2. The van der Waals surface area contributed by atoms with Crippen LogP contribution in [-0.2, 0) is 48.4 Å². The van der Waals surface area contributed by atoms with Gasteiger partial charge in [-0.1, -0.05) is 91.0 Å². The lowest BCUT2D eigenvalue weighted by molar-refractivity contribution is -0.189. The van der Waals surface area contributed by atoms with Crippen LogP contribution in [0.4, 0.5) is 0 Å². The van der Waals surface area contributed by atoms with Gasteiger partial charge in [0.05, 0.1) is 25.9 Å². The zero-order valence-corrected chi connectivity index (χ0v) is 20.1. The summed E-state index contributed by atoms with van der Waals surface area (Å²) in [6.07, 6.45) is -2.62. The Balaban J connectivity index is 1.83. The summed E-state index contributed by atoms with van der Waals surface area (Å²) in [5.74, 6) is -0.574. The minimum absolute atomic E-state index is 0.216. The van der Waals surface area contributed by atoms with Gasteiger partial charge in [-0.3, -0.25) is 9.59 Å². The molecule has 0 aromatic heterocycles. The zero-order valence-electron chi connectivity index (χ0n) is 20.1. The van der Waals surface area contributed by atoms with Crippen molar-refractivity contribution in [3.05, 3.63) is 108 Å². The Hall–Kier alpha value is -3.32. The highest BCUT2D eigenvalue weighted by molar-refractivity contribution is 5.70. The maximum atomic E-state index is 12.0. The standard InChI is InChI=1S/C29H32O6/c1-22(32-19-24-12-6-3-7-13-24)28(33-20-25-14-8-4-9-15-25)29(27(18-30)35-23(2)31)34-21-26-16-10-5-11-17-26/h3-18,22,27-29H,19-21H2,1-2H3/t22-,27+,28+,29-/m1/s1. The van der Waals surface area contributed by atoms with Crippen LogP contribution in [0.2, 0.25) is 0 Å². The minimum atomic E-state index is -1.15. The predicted octanol–water partition coefficient (Wildman–Crippen LogP) is 4.89. The zero-order chi connectivity index (χ0) is 24.9. The van der Waals surface area contributed by atoms with Crippen molar-refractivity contribution in [3.8, 4) is 0 Å². The fourth-order valence-corrected chi connectivity index (χ4v) is 3.67. The molecule has 35 heavy (non-hydrogen) atoms. The van der Waals surface area contributed by atoms with Crippen LogP contribution in [0, 0.1) is 0 Å². The van der Waals surface area contributed by atoms with E-state index < -0.39 is 30.4 Å². The summed E-state index contributed by atoms with van der Waals surface area (Å²) in [6.45, 7) is 3.99. The molecule has 184 valence electrons. The summed E-state index contributed by atoms with van der Waals surface area (Å²) in [5, 5.41) is 0. The number of aldehydes is 1. The molecule has 3 aromatic rings. The number of benzene rings is 3. The Morgan fingerprint density at radius 2 is 1.09 bits per heavy atom. The van der Waals surface area contributed by atoms with Crippen LogP contribution in [0.15, 0.2) is 91.0 Å². The third-order valence-electron chi connectivity index (χ3n) is 5.47. The second-order valence-corrected chi connectivity index (χ2v) is 8.23. The van der Waals surface area contributed by atoms with Crippen molar-refractivity contribution in [2.45, 2.75) is 58.1 Å². The molecule has 0 bridgehead atoms. The second kappa shape index (κ2) is 14.2. The first-order valence-electron chi connectivity index (χ1n) is 11.7. The van der Waals surface area contributed by atoms with E-state index in [1.807, 2.05) is 97.9 Å². The molecule has 6 nitrogen and oxygen atoms in total. The molecule has 0 aliphatic rings. The normalized spacial score (nSPS) is 14.5. The second-order valence-electron chi connectivity index (χ2n) is 8.23. The monoisotopic (exact) mass is 476 g/mol. The fourth-order valence-electron chi connectivity index (χ4n) is 3.67. The summed E-state index contributed by atoms with van der Waals surface area (Å²) in [6, 6.07) is 29.1. The van der Waals surface area contributed by atoms with E-state index in [0.717, 1.165) is 16.7 Å². The average Bonchev–Trinajstić information content (AvgIpc) is 2.89. The van der Waals surface area contributed by atoms with Crippen LogP contribution in [0.5, 0.6) is 0 Å². The highest BCUT2D eigenvalue weighted by Crippen LogP contribution is 2.21. The molecule has 6 heteroatoms. The van der Waals surface area contributed by atoms with Gasteiger partial charge in [-0.15, -0.1) is 0 Å². The van der Waals surface area contributed by atoms with Crippen LogP contribution in [0.25, 0.3) is 0 Å². The summed E-state index contributed by atoms with van der Waals surface area (Å²) in [4.78, 5) is 23.8. The van der Waals surface area contributed by atoms with Crippen molar-refractivity contribution in [1.82, 2.24) is 0 Å². The topological polar surface area (TPSA) is 71.1 Å². The van der Waals surface area contributed by atoms with E-state index in [0.29, 0.717) is 12.9 Å². The summed E-state index contributed by atoms with van der Waals surface area (Å²) in [7, 11) is 0. The Morgan fingerprint density at radius 1 is 0.686 bits per heavy atom. The molecule has 0 saturated heterocycles. The third kappa shape index (κ3) is 8.76. The van der Waals surface area contributed by atoms with Gasteiger partial charge in [-0.25, -0.2) is 0 Å². The molecule has 0 aliphatic carbocycles. The largest absolute Gasteiger partial charge is 0.452 e. The van der Waals surface area contributed by atoms with Crippen LogP contribution in [-0.4, -0.2) is 36.7 Å². The molecule has 0 heterocycles. The number of esters is 1. The molecule has 0 fully saturated rings. The van der Waals surface area contributed by atoms with E-state index in [2.05, 4.69) is 0 Å². The van der Waals surface area contributed by atoms with Gasteiger partial charge in [0.2, 0.25) is 0 Å². The smallest absolute Gasteiger partial charge is 0.303 e. The Morgan fingerprint density at radius 3 is 1.49 bits per heavy atom. The van der Waals surface area contributed by atoms with Crippen molar-refractivity contribution in [2.24, 2.45) is 0 Å². The number of rotatable bonds is 14. The van der Waals surface area contributed by atoms with Crippen LogP contribution in [0.1, 0.15) is 30.5 Å². The summed E-state index contributed by atoms with van der Waals surface area (Å²) >= 11 is 0. The summed E-state index contributed by atoms with van der Waals surface area (Å²) < 4.78 is 24.0. The molecule has 0 unspecified atom stereocenters. The first-order valence-corrected chi connectivity index (χ1v) is 11.7. The van der Waals surface area contributed by atoms with E-state index in [1.165, 1.54) is 6.92 Å². The molecule has 3 rings (SSSR count). The van der Waals surface area contributed by atoms with Crippen molar-refractivity contribution in [2.75, 3.05) is 0 Å². The SMILES string of the molecule is CC(=O)O[C@@H](C=O)[C@@H](OCc1ccccc1)[C@@H](OCc1ccccc1)[C@@H](C)OCc1ccccc1. The van der Waals surface area contributed by atoms with Crippen molar-refractivity contribution in [1.29, 1.82) is 0 Å². The van der Waals surface area contributed by atoms with E-state index >= 15 is 0 Å². The summed E-state index contributed by atoms with van der Waals surface area (Å²) in [5.41, 5.74) is 2.89. The van der Waals surface area contributed by atoms with Gasteiger partial charge >= 0.3 is 5.97 Å². The van der Waals surface area contributed by atoms with Crippen LogP contribution in [0.3, 0.4) is 0 Å². The highest BCUT2D eigenvalue weighted by Gasteiger charge is 2.37. The number of hydrogen-bond acceptors (Lipinski definition) is 6. The van der Waals surface area contributed by atoms with Gasteiger partial charge in [0.15, 0.2) is 12.4 Å². The first kappa shape index (κ1) is 26.3. The average molecular weight is 477 g/mol. The highest BCUT2D eigenvalue weighted by atomic mass is 16.6. The lowest BCUT2D eigenvalue weighted by Crippen LogP contribution is -2.49. The predicted molar refractivity (Wildman–Crippen MR) is 132 cm³/mol. The van der Waals surface area contributed by atoms with Gasteiger partial charge in [0.1, 0.15) is 12.2 Å². The lowest BCUT2D eigenvalue weighted by Gasteiger charge is -2.34. The Bertz CT molecular complexity index is 1010. The number of ether oxygens (including phenoxy) is 4. The molecule has 0 amide bonds. The molecule has 0 spiro atoms. The third-order valence-corrected chi connectivity index (χ3v) is 5.47. The Kier molecular flexibility index (Phi) is 10.6. The van der Waals surface area contributed by atoms with Crippen LogP contribution >= 0.6 is 0 Å². The molecule has 0 aliphatic heterocycles. The molecular formula is C29H32O6. The Labute approximate surface area is 206 Å². The maximum absolute atomic E-state index is 12.0. The van der Waals surface area contributed by atoms with Crippen molar-refractivity contribution in [3.63, 3.8) is 0 Å². The quantitative estimate of drug-likeness (QED) is 0.244. The first-order chi connectivity index (χ1) is 17.1. The maximum Gasteiger partial charge on any atom is 0.303 e. The lowest BCUT2D eigenvalue weighted by atomic mass is 10.0. The molecule has 0 N–H and O–H groups in total. The molecular weight excluding hydrogens is 444 g/mol. The van der Waals surface area contributed by atoms with Gasteiger partial charge in [-0.2, -0.15) is 0 Å². The molecule has 0 saturated carbocycles. The number of hydrogen-bond donors (Lipinski definition) is 0. The van der Waals surface area contributed by atoms with Crippen LogP contribution < -0.4 is 0 Å². The van der Waals surface area contributed by atoms with Gasteiger partial charge in [0.25, 0.3) is 0 Å². The molecule has 0 radical (unpaired) electrons. The van der Waals surface area contributed by atoms with Gasteiger partial charge in [-0.05, 0) is 23.6 Å². The van der Waals surface area contributed by atoms with Crippen molar-refractivity contribution >= 4 is 12.3 Å². The molecule has 4 atom stereocenters. The van der Waals surface area contributed by atoms with Gasteiger partial charge in [0, 0.05) is 6.92 Å². The fraction of sp³-hybridized carbons (Fsp3) is 0.310.